The molecule has 1 N–H and O–H groups in total. The summed E-state index contributed by atoms with van der Waals surface area (Å²) in [6.45, 7) is 2.22. The van der Waals surface area contributed by atoms with Crippen molar-refractivity contribution in [1.82, 2.24) is 15.1 Å². The summed E-state index contributed by atoms with van der Waals surface area (Å²) >= 11 is 0. The van der Waals surface area contributed by atoms with Crippen LogP contribution in [0, 0.1) is 12.7 Å². The molecule has 6 nitrogen and oxygen atoms in total. The summed E-state index contributed by atoms with van der Waals surface area (Å²) in [5.41, 5.74) is 3.04. The number of rotatable bonds is 4. The molecule has 28 heavy (non-hydrogen) atoms. The number of carbonyl (C=O) groups is 2. The summed E-state index contributed by atoms with van der Waals surface area (Å²) < 4.78 is 15.4. The van der Waals surface area contributed by atoms with E-state index in [1.165, 1.54) is 10.7 Å². The minimum absolute atomic E-state index is 0.126. The number of nitrogens with zero attached hydrogens (tertiary/aromatic N) is 3. The van der Waals surface area contributed by atoms with Crippen molar-refractivity contribution in [3.8, 4) is 5.69 Å². The number of amides is 2. The highest BCUT2D eigenvalue weighted by Crippen LogP contribution is 2.27. The third-order valence-electron chi connectivity index (χ3n) is 4.79. The van der Waals surface area contributed by atoms with E-state index in [4.69, 9.17) is 0 Å². The number of benzene rings is 2. The number of aromatic nitrogens is 2. The zero-order valence-corrected chi connectivity index (χ0v) is 15.4. The molecule has 4 rings (SSSR count). The quantitative estimate of drug-likeness (QED) is 0.759. The number of hydrogen-bond acceptors (Lipinski definition) is 3. The minimum atomic E-state index is -0.473. The van der Waals surface area contributed by atoms with Gasteiger partial charge in [0.05, 0.1) is 6.54 Å². The van der Waals surface area contributed by atoms with Gasteiger partial charge in [-0.3, -0.25) is 9.59 Å². The number of halogens is 1. The van der Waals surface area contributed by atoms with E-state index in [1.54, 1.807) is 36.1 Å². The standard InChI is InChI=1S/C21H19FN4O2/c1-14-12-17(24-26(14)19-9-5-3-7-16(19)22)21(28)23-13-20(27)25-11-10-15-6-2-4-8-18(15)25/h2-9,12H,10-11,13H2,1H3,(H,23,28). The molecule has 2 amide bonds. The normalized spacial score (nSPS) is 12.7. The fourth-order valence-corrected chi connectivity index (χ4v) is 3.39. The maximum atomic E-state index is 14.0. The Hall–Kier alpha value is -3.48. The van der Waals surface area contributed by atoms with Crippen LogP contribution in [0.25, 0.3) is 5.69 Å². The lowest BCUT2D eigenvalue weighted by Crippen LogP contribution is -2.39. The molecule has 7 heteroatoms. The average Bonchev–Trinajstić information content (AvgIpc) is 3.30. The molecule has 0 saturated carbocycles. The summed E-state index contributed by atoms with van der Waals surface area (Å²) in [4.78, 5) is 26.6. The fraction of sp³-hybridized carbons (Fsp3) is 0.190. The first-order valence-electron chi connectivity index (χ1n) is 9.02. The Balaban J connectivity index is 1.44. The topological polar surface area (TPSA) is 67.2 Å². The molecule has 0 radical (unpaired) electrons. The molecule has 1 aliphatic heterocycles. The van der Waals surface area contributed by atoms with Gasteiger partial charge < -0.3 is 10.2 Å². The molecule has 0 saturated heterocycles. The second-order valence-electron chi connectivity index (χ2n) is 6.64. The van der Waals surface area contributed by atoms with Crippen LogP contribution in [0.15, 0.2) is 54.6 Å². The number of aryl methyl sites for hydroxylation is 1. The van der Waals surface area contributed by atoms with Gasteiger partial charge in [-0.05, 0) is 43.2 Å². The van der Waals surface area contributed by atoms with Crippen LogP contribution < -0.4 is 10.2 Å². The molecule has 0 aliphatic carbocycles. The van der Waals surface area contributed by atoms with Crippen molar-refractivity contribution in [2.45, 2.75) is 13.3 Å². The number of hydrogen-bond donors (Lipinski definition) is 1. The summed E-state index contributed by atoms with van der Waals surface area (Å²) in [6.07, 6.45) is 0.808. The highest BCUT2D eigenvalue weighted by Gasteiger charge is 2.24. The number of fused-ring (bicyclic) bond motifs is 1. The first-order valence-corrected chi connectivity index (χ1v) is 9.02. The fourth-order valence-electron chi connectivity index (χ4n) is 3.39. The van der Waals surface area contributed by atoms with E-state index < -0.39 is 11.7 Å². The maximum Gasteiger partial charge on any atom is 0.272 e. The van der Waals surface area contributed by atoms with E-state index in [-0.39, 0.29) is 23.8 Å². The molecule has 0 fully saturated rings. The smallest absolute Gasteiger partial charge is 0.272 e. The third-order valence-corrected chi connectivity index (χ3v) is 4.79. The summed E-state index contributed by atoms with van der Waals surface area (Å²) in [5.74, 6) is -1.08. The van der Waals surface area contributed by atoms with E-state index >= 15 is 0 Å². The Morgan fingerprint density at radius 2 is 1.82 bits per heavy atom. The lowest BCUT2D eigenvalue weighted by atomic mass is 10.2. The lowest BCUT2D eigenvalue weighted by Gasteiger charge is -2.17. The predicted molar refractivity (Wildman–Crippen MR) is 103 cm³/mol. The predicted octanol–water partition coefficient (Wildman–Crippen LogP) is 2.64. The number of carbonyl (C=O) groups excluding carboxylic acids is 2. The average molecular weight is 378 g/mol. The van der Waals surface area contributed by atoms with Crippen molar-refractivity contribution in [2.24, 2.45) is 0 Å². The second kappa shape index (κ2) is 7.26. The summed E-state index contributed by atoms with van der Waals surface area (Å²) in [6, 6.07) is 15.5. The number of anilines is 1. The van der Waals surface area contributed by atoms with Crippen molar-refractivity contribution >= 4 is 17.5 Å². The molecule has 1 aliphatic rings. The van der Waals surface area contributed by atoms with Crippen LogP contribution in [-0.2, 0) is 11.2 Å². The highest BCUT2D eigenvalue weighted by atomic mass is 19.1. The van der Waals surface area contributed by atoms with Crippen molar-refractivity contribution in [3.63, 3.8) is 0 Å². The Morgan fingerprint density at radius 1 is 1.11 bits per heavy atom. The van der Waals surface area contributed by atoms with Crippen molar-refractivity contribution in [2.75, 3.05) is 18.0 Å². The molecule has 2 heterocycles. The monoisotopic (exact) mass is 378 g/mol. The zero-order chi connectivity index (χ0) is 19.7. The molecule has 0 bridgehead atoms. The Kier molecular flexibility index (Phi) is 4.65. The third kappa shape index (κ3) is 3.26. The van der Waals surface area contributed by atoms with Gasteiger partial charge in [0, 0.05) is 17.9 Å². The van der Waals surface area contributed by atoms with Gasteiger partial charge in [-0.2, -0.15) is 5.10 Å². The first-order chi connectivity index (χ1) is 13.5. The van der Waals surface area contributed by atoms with Crippen LogP contribution >= 0.6 is 0 Å². The van der Waals surface area contributed by atoms with Crippen LogP contribution in [-0.4, -0.2) is 34.7 Å². The Bertz CT molecular complexity index is 1060. The van der Waals surface area contributed by atoms with Gasteiger partial charge in [0.1, 0.15) is 11.5 Å². The second-order valence-corrected chi connectivity index (χ2v) is 6.64. The SMILES string of the molecule is Cc1cc(C(=O)NCC(=O)N2CCc3ccccc32)nn1-c1ccccc1F. The van der Waals surface area contributed by atoms with Crippen LogP contribution in [0.2, 0.25) is 0 Å². The van der Waals surface area contributed by atoms with Gasteiger partial charge in [-0.25, -0.2) is 9.07 Å². The summed E-state index contributed by atoms with van der Waals surface area (Å²) in [7, 11) is 0. The highest BCUT2D eigenvalue weighted by molar-refractivity contribution is 6.00. The van der Waals surface area contributed by atoms with Gasteiger partial charge in [0.2, 0.25) is 5.91 Å². The van der Waals surface area contributed by atoms with E-state index in [0.29, 0.717) is 12.2 Å². The van der Waals surface area contributed by atoms with Crippen molar-refractivity contribution in [1.29, 1.82) is 0 Å². The number of nitrogens with one attached hydrogen (secondary N) is 1. The summed E-state index contributed by atoms with van der Waals surface area (Å²) in [5, 5.41) is 6.81. The van der Waals surface area contributed by atoms with E-state index in [1.807, 2.05) is 24.3 Å². The van der Waals surface area contributed by atoms with Gasteiger partial charge in [0.15, 0.2) is 5.69 Å². The van der Waals surface area contributed by atoms with Crippen LogP contribution in [0.3, 0.4) is 0 Å². The molecule has 142 valence electrons. The molecule has 3 aromatic rings. The van der Waals surface area contributed by atoms with Crippen LogP contribution in [0.4, 0.5) is 10.1 Å². The van der Waals surface area contributed by atoms with Gasteiger partial charge >= 0.3 is 0 Å². The Labute approximate surface area is 161 Å². The lowest BCUT2D eigenvalue weighted by molar-refractivity contribution is -0.117. The largest absolute Gasteiger partial charge is 0.342 e. The van der Waals surface area contributed by atoms with Crippen LogP contribution in [0.1, 0.15) is 21.7 Å². The first kappa shape index (κ1) is 17.9. The van der Waals surface area contributed by atoms with E-state index in [0.717, 1.165) is 17.7 Å². The molecular weight excluding hydrogens is 359 g/mol. The Morgan fingerprint density at radius 3 is 2.61 bits per heavy atom. The molecule has 0 atom stereocenters. The minimum Gasteiger partial charge on any atom is -0.342 e. The van der Waals surface area contributed by atoms with Crippen molar-refractivity contribution < 1.29 is 14.0 Å². The van der Waals surface area contributed by atoms with Crippen LogP contribution in [0.5, 0.6) is 0 Å². The van der Waals surface area contributed by atoms with E-state index in [2.05, 4.69) is 10.4 Å². The van der Waals surface area contributed by atoms with E-state index in [9.17, 15) is 14.0 Å². The van der Waals surface area contributed by atoms with Crippen molar-refractivity contribution in [3.05, 3.63) is 77.4 Å². The zero-order valence-electron chi connectivity index (χ0n) is 15.4. The molecule has 0 spiro atoms. The molecular formula is C21H19FN4O2. The molecule has 0 unspecified atom stereocenters. The molecule has 1 aromatic heterocycles. The van der Waals surface area contributed by atoms with Gasteiger partial charge in [0.25, 0.3) is 5.91 Å². The van der Waals surface area contributed by atoms with Gasteiger partial charge in [-0.15, -0.1) is 0 Å². The molecule has 2 aromatic carbocycles. The number of para-hydroxylation sites is 2. The maximum absolute atomic E-state index is 14.0. The van der Waals surface area contributed by atoms with Gasteiger partial charge in [-0.1, -0.05) is 30.3 Å².